The van der Waals surface area contributed by atoms with Crippen LogP contribution in [-0.2, 0) is 15.3 Å². The summed E-state index contributed by atoms with van der Waals surface area (Å²) in [4.78, 5) is 2.44. The number of nitrogens with one attached hydrogen (secondary N) is 1. The predicted octanol–water partition coefficient (Wildman–Crippen LogP) is 5.44. The molecule has 0 saturated carbocycles. The predicted molar refractivity (Wildman–Crippen MR) is 62.9 cm³/mol. The molecule has 1 aromatic heterocycles. The monoisotopic (exact) mass is 533 g/mol. The fraction of sp³-hybridized carbons (Fsp3) is 0.818. The van der Waals surface area contributed by atoms with Crippen LogP contribution in [0.2, 0.25) is 0 Å². The summed E-state index contributed by atoms with van der Waals surface area (Å²) in [5, 5.41) is 3.64. The average molecular weight is 533 g/mol. The van der Waals surface area contributed by atoms with Crippen LogP contribution in [0.5, 0.6) is 0 Å². The average Bonchev–Trinajstić information content (AvgIpc) is 2.97. The van der Waals surface area contributed by atoms with Crippen molar-refractivity contribution in [3.05, 3.63) is 11.6 Å². The molecule has 0 aliphatic heterocycles. The molecule has 0 saturated heterocycles. The standard InChI is InChI=1S/C11H4F17N3O2/c1-2-29-3(31-30-2)4(12,7(16,17)18)32-11(27,28)6(15,9(22,23)24)33-10(25,26)5(13,14)8(19,20)21/h1H3,(H,29,30,31). The lowest BCUT2D eigenvalue weighted by Crippen LogP contribution is -2.67. The molecule has 22 heteroatoms. The third-order valence-electron chi connectivity index (χ3n) is 3.25. The van der Waals surface area contributed by atoms with Crippen LogP contribution in [0.25, 0.3) is 0 Å². The summed E-state index contributed by atoms with van der Waals surface area (Å²) >= 11 is 0. The van der Waals surface area contributed by atoms with Gasteiger partial charge in [-0.25, -0.2) is 4.98 Å². The maximum absolute atomic E-state index is 14.2. The van der Waals surface area contributed by atoms with Crippen molar-refractivity contribution < 1.29 is 84.1 Å². The fourth-order valence-electron chi connectivity index (χ4n) is 1.65. The summed E-state index contributed by atoms with van der Waals surface area (Å²) < 4.78 is 224. The molecule has 5 nitrogen and oxygen atoms in total. The van der Waals surface area contributed by atoms with Crippen molar-refractivity contribution in [3.63, 3.8) is 0 Å². The lowest BCUT2D eigenvalue weighted by Gasteiger charge is -2.39. The molecule has 0 fully saturated rings. The van der Waals surface area contributed by atoms with E-state index < -0.39 is 60.0 Å². The lowest BCUT2D eigenvalue weighted by atomic mass is 10.2. The first-order valence-electron chi connectivity index (χ1n) is 7.17. The van der Waals surface area contributed by atoms with Crippen molar-refractivity contribution in [1.29, 1.82) is 0 Å². The van der Waals surface area contributed by atoms with Gasteiger partial charge >= 0.3 is 48.4 Å². The number of aromatic nitrogens is 3. The van der Waals surface area contributed by atoms with Crippen molar-refractivity contribution in [2.75, 3.05) is 0 Å². The van der Waals surface area contributed by atoms with Gasteiger partial charge in [-0.2, -0.15) is 79.7 Å². The molecule has 0 aliphatic rings. The van der Waals surface area contributed by atoms with Gasteiger partial charge in [-0.05, 0) is 6.92 Å². The third kappa shape index (κ3) is 4.75. The van der Waals surface area contributed by atoms with Crippen LogP contribution in [0, 0.1) is 6.92 Å². The maximum Gasteiger partial charge on any atom is 0.462 e. The van der Waals surface area contributed by atoms with E-state index in [2.05, 4.69) is 14.8 Å². The Morgan fingerprint density at radius 2 is 1.06 bits per heavy atom. The Hall–Kier alpha value is -2.13. The van der Waals surface area contributed by atoms with E-state index in [-0.39, 0.29) is 0 Å². The van der Waals surface area contributed by atoms with E-state index in [0.29, 0.717) is 6.92 Å². The first-order chi connectivity index (χ1) is 14.2. The summed E-state index contributed by atoms with van der Waals surface area (Å²) in [6.07, 6.45) is -38.0. The lowest BCUT2D eigenvalue weighted by molar-refractivity contribution is -0.554. The molecule has 33 heavy (non-hydrogen) atoms. The number of alkyl halides is 17. The van der Waals surface area contributed by atoms with Crippen LogP contribution < -0.4 is 0 Å². The highest BCUT2D eigenvalue weighted by Gasteiger charge is 2.85. The Morgan fingerprint density at radius 1 is 0.606 bits per heavy atom. The van der Waals surface area contributed by atoms with Crippen molar-refractivity contribution in [2.45, 2.75) is 55.3 Å². The molecule has 0 radical (unpaired) electrons. The smallest absolute Gasteiger partial charge is 0.263 e. The van der Waals surface area contributed by atoms with Gasteiger partial charge in [0, 0.05) is 0 Å². The molecule has 1 aromatic rings. The minimum atomic E-state index is -7.94. The summed E-state index contributed by atoms with van der Waals surface area (Å²) in [5.41, 5.74) is 0. The zero-order chi connectivity index (χ0) is 26.7. The Bertz CT molecular complexity index is 842. The number of H-pyrrole nitrogens is 1. The number of halogens is 17. The molecular formula is C11H4F17N3O2. The number of aromatic amines is 1. The molecular weight excluding hydrogens is 529 g/mol. The highest BCUT2D eigenvalue weighted by atomic mass is 19.4. The Balaban J connectivity index is 3.67. The minimum absolute atomic E-state index is 0.656. The van der Waals surface area contributed by atoms with Gasteiger partial charge in [-0.15, -0.1) is 0 Å². The van der Waals surface area contributed by atoms with E-state index >= 15 is 0 Å². The van der Waals surface area contributed by atoms with Gasteiger partial charge in [-0.3, -0.25) is 14.6 Å². The summed E-state index contributed by atoms with van der Waals surface area (Å²) in [6, 6.07) is 0. The van der Waals surface area contributed by atoms with Gasteiger partial charge in [0.2, 0.25) is 5.82 Å². The number of hydrogen-bond acceptors (Lipinski definition) is 4. The SMILES string of the molecule is Cc1nc(C(F)(OC(F)(F)C(F)(OC(F)(F)C(F)(F)C(F)(F)F)C(F)(F)F)C(F)(F)F)n[nH]1. The first-order valence-corrected chi connectivity index (χ1v) is 7.17. The highest BCUT2D eigenvalue weighted by molar-refractivity contribution is 5.03. The molecule has 1 rings (SSSR count). The van der Waals surface area contributed by atoms with Crippen molar-refractivity contribution >= 4 is 0 Å². The quantitative estimate of drug-likeness (QED) is 0.475. The summed E-state index contributed by atoms with van der Waals surface area (Å²) in [5.74, 6) is -25.7. The second-order valence-corrected chi connectivity index (χ2v) is 5.74. The molecule has 0 amide bonds. The van der Waals surface area contributed by atoms with Gasteiger partial charge in [0.05, 0.1) is 0 Å². The molecule has 0 bridgehead atoms. The van der Waals surface area contributed by atoms with E-state index in [4.69, 9.17) is 0 Å². The van der Waals surface area contributed by atoms with E-state index in [9.17, 15) is 74.6 Å². The Morgan fingerprint density at radius 3 is 1.36 bits per heavy atom. The molecule has 2 atom stereocenters. The largest absolute Gasteiger partial charge is 0.462 e. The molecule has 0 aromatic carbocycles. The molecule has 2 unspecified atom stereocenters. The van der Waals surface area contributed by atoms with E-state index in [1.165, 1.54) is 9.84 Å². The number of hydrogen-bond donors (Lipinski definition) is 1. The molecule has 0 spiro atoms. The van der Waals surface area contributed by atoms with E-state index in [1.807, 2.05) is 0 Å². The second kappa shape index (κ2) is 7.70. The van der Waals surface area contributed by atoms with Gasteiger partial charge in [0.15, 0.2) is 0 Å². The van der Waals surface area contributed by atoms with Crippen molar-refractivity contribution in [1.82, 2.24) is 15.2 Å². The van der Waals surface area contributed by atoms with Crippen LogP contribution >= 0.6 is 0 Å². The zero-order valence-electron chi connectivity index (χ0n) is 14.6. The van der Waals surface area contributed by atoms with Crippen LogP contribution in [0.15, 0.2) is 0 Å². The molecule has 1 N–H and O–H groups in total. The van der Waals surface area contributed by atoms with Gasteiger partial charge < -0.3 is 0 Å². The zero-order valence-corrected chi connectivity index (χ0v) is 14.6. The fourth-order valence-corrected chi connectivity index (χ4v) is 1.65. The van der Waals surface area contributed by atoms with E-state index in [1.54, 1.807) is 0 Å². The van der Waals surface area contributed by atoms with E-state index in [0.717, 1.165) is 0 Å². The number of aryl methyl sites for hydroxylation is 1. The number of ether oxygens (including phenoxy) is 2. The third-order valence-corrected chi connectivity index (χ3v) is 3.25. The number of nitrogens with zero attached hydrogens (tertiary/aromatic N) is 2. The van der Waals surface area contributed by atoms with Crippen LogP contribution in [0.4, 0.5) is 74.6 Å². The molecule has 194 valence electrons. The van der Waals surface area contributed by atoms with Crippen molar-refractivity contribution in [2.24, 2.45) is 0 Å². The molecule has 0 aliphatic carbocycles. The van der Waals surface area contributed by atoms with Crippen LogP contribution in [0.1, 0.15) is 11.6 Å². The first kappa shape index (κ1) is 28.9. The second-order valence-electron chi connectivity index (χ2n) is 5.74. The van der Waals surface area contributed by atoms with Crippen molar-refractivity contribution in [3.8, 4) is 0 Å². The highest BCUT2D eigenvalue weighted by Crippen LogP contribution is 2.57. The normalized spacial score (nSPS) is 18.7. The maximum atomic E-state index is 14.2. The van der Waals surface area contributed by atoms with Crippen LogP contribution in [0.3, 0.4) is 0 Å². The number of rotatable bonds is 7. The van der Waals surface area contributed by atoms with Crippen LogP contribution in [-0.4, -0.2) is 57.7 Å². The molecule has 1 heterocycles. The van der Waals surface area contributed by atoms with Gasteiger partial charge in [0.1, 0.15) is 5.82 Å². The van der Waals surface area contributed by atoms with Gasteiger partial charge in [0.25, 0.3) is 0 Å². The Kier molecular flexibility index (Phi) is 6.74. The van der Waals surface area contributed by atoms with Gasteiger partial charge in [-0.1, -0.05) is 0 Å². The summed E-state index contributed by atoms with van der Waals surface area (Å²) in [7, 11) is 0. The minimum Gasteiger partial charge on any atom is -0.263 e. The summed E-state index contributed by atoms with van der Waals surface area (Å²) in [6.45, 7) is 0.656. The topological polar surface area (TPSA) is 60.0 Å². The Labute approximate surface area is 167 Å².